The minimum Gasteiger partial charge on any atom is -0.356 e. The highest BCUT2D eigenvalue weighted by molar-refractivity contribution is 5.79. The maximum absolute atomic E-state index is 12.3. The molecular weight excluding hydrogens is 236 g/mol. The Morgan fingerprint density at radius 2 is 1.95 bits per heavy atom. The van der Waals surface area contributed by atoms with Crippen molar-refractivity contribution in [3.63, 3.8) is 0 Å². The molecule has 1 aliphatic carbocycles. The fourth-order valence-electron chi connectivity index (χ4n) is 3.21. The highest BCUT2D eigenvalue weighted by Crippen LogP contribution is 2.44. The molecule has 3 unspecified atom stereocenters. The monoisotopic (exact) mass is 268 g/mol. The SMILES string of the molecule is CCCCCCNC(=O)C1CCC(N)C(C)C1(C)C. The van der Waals surface area contributed by atoms with Crippen LogP contribution in [0.2, 0.25) is 0 Å². The lowest BCUT2D eigenvalue weighted by Gasteiger charge is -2.46. The number of carbonyl (C=O) groups is 1. The van der Waals surface area contributed by atoms with E-state index >= 15 is 0 Å². The maximum Gasteiger partial charge on any atom is 0.223 e. The molecule has 0 heterocycles. The Bertz CT molecular complexity index is 288. The third-order valence-electron chi connectivity index (χ3n) is 5.15. The van der Waals surface area contributed by atoms with E-state index in [1.54, 1.807) is 0 Å². The van der Waals surface area contributed by atoms with Crippen molar-refractivity contribution in [3.8, 4) is 0 Å². The number of nitrogens with two attached hydrogens (primary N) is 1. The molecule has 1 saturated carbocycles. The predicted octanol–water partition coefficient (Wildman–Crippen LogP) is 3.08. The zero-order valence-electron chi connectivity index (χ0n) is 13.2. The Morgan fingerprint density at radius 1 is 1.26 bits per heavy atom. The fraction of sp³-hybridized carbons (Fsp3) is 0.938. The molecule has 19 heavy (non-hydrogen) atoms. The van der Waals surface area contributed by atoms with Crippen molar-refractivity contribution < 1.29 is 4.79 Å². The summed E-state index contributed by atoms with van der Waals surface area (Å²) >= 11 is 0. The number of carbonyl (C=O) groups excluding carboxylic acids is 1. The summed E-state index contributed by atoms with van der Waals surface area (Å²) in [6.45, 7) is 9.60. The molecule has 3 heteroatoms. The molecule has 0 aromatic carbocycles. The number of hydrogen-bond donors (Lipinski definition) is 2. The van der Waals surface area contributed by atoms with Crippen LogP contribution >= 0.6 is 0 Å². The third kappa shape index (κ3) is 4.20. The molecule has 1 aliphatic rings. The predicted molar refractivity (Wildman–Crippen MR) is 80.8 cm³/mol. The molecule has 0 aromatic heterocycles. The van der Waals surface area contributed by atoms with Gasteiger partial charge in [0.25, 0.3) is 0 Å². The van der Waals surface area contributed by atoms with Gasteiger partial charge in [0.2, 0.25) is 5.91 Å². The summed E-state index contributed by atoms with van der Waals surface area (Å²) < 4.78 is 0. The van der Waals surface area contributed by atoms with Crippen LogP contribution in [-0.4, -0.2) is 18.5 Å². The van der Waals surface area contributed by atoms with Gasteiger partial charge in [-0.05, 0) is 30.6 Å². The second kappa shape index (κ2) is 7.28. The van der Waals surface area contributed by atoms with E-state index in [4.69, 9.17) is 5.73 Å². The standard InChI is InChI=1S/C16H32N2O/c1-5-6-7-8-11-18-15(19)13-9-10-14(17)12(2)16(13,3)4/h12-14H,5-11,17H2,1-4H3,(H,18,19). The Kier molecular flexibility index (Phi) is 6.31. The van der Waals surface area contributed by atoms with E-state index in [1.165, 1.54) is 19.3 Å². The maximum atomic E-state index is 12.3. The summed E-state index contributed by atoms with van der Waals surface area (Å²) in [6, 6.07) is 0.239. The zero-order chi connectivity index (χ0) is 14.5. The van der Waals surface area contributed by atoms with Gasteiger partial charge in [0.05, 0.1) is 0 Å². The minimum absolute atomic E-state index is 0.00513. The fourth-order valence-corrected chi connectivity index (χ4v) is 3.21. The zero-order valence-corrected chi connectivity index (χ0v) is 13.2. The van der Waals surface area contributed by atoms with Crippen molar-refractivity contribution in [2.75, 3.05) is 6.54 Å². The first-order chi connectivity index (χ1) is 8.91. The van der Waals surface area contributed by atoms with E-state index in [-0.39, 0.29) is 23.3 Å². The van der Waals surface area contributed by atoms with Crippen LogP contribution < -0.4 is 11.1 Å². The van der Waals surface area contributed by atoms with E-state index in [1.807, 2.05) is 0 Å². The molecule has 0 saturated heterocycles. The quantitative estimate of drug-likeness (QED) is 0.727. The van der Waals surface area contributed by atoms with Crippen molar-refractivity contribution in [2.45, 2.75) is 72.3 Å². The average Bonchev–Trinajstić information content (AvgIpc) is 2.35. The first-order valence-corrected chi connectivity index (χ1v) is 7.94. The second-order valence-electron chi connectivity index (χ2n) is 6.76. The molecule has 1 amide bonds. The van der Waals surface area contributed by atoms with Gasteiger partial charge in [-0.2, -0.15) is 0 Å². The van der Waals surface area contributed by atoms with Crippen molar-refractivity contribution in [2.24, 2.45) is 23.0 Å². The topological polar surface area (TPSA) is 55.1 Å². The Hall–Kier alpha value is -0.570. The minimum atomic E-state index is 0.00513. The molecule has 0 aliphatic heterocycles. The molecule has 3 atom stereocenters. The Morgan fingerprint density at radius 3 is 2.58 bits per heavy atom. The summed E-state index contributed by atoms with van der Waals surface area (Å²) in [5, 5.41) is 3.12. The molecule has 0 aromatic rings. The van der Waals surface area contributed by atoms with Crippen molar-refractivity contribution in [3.05, 3.63) is 0 Å². The van der Waals surface area contributed by atoms with E-state index < -0.39 is 0 Å². The van der Waals surface area contributed by atoms with Crippen LogP contribution in [0.4, 0.5) is 0 Å². The second-order valence-corrected chi connectivity index (χ2v) is 6.76. The lowest BCUT2D eigenvalue weighted by Crippen LogP contribution is -2.51. The molecule has 0 bridgehead atoms. The molecular formula is C16H32N2O. The molecule has 3 N–H and O–H groups in total. The van der Waals surface area contributed by atoms with Crippen molar-refractivity contribution in [1.29, 1.82) is 0 Å². The number of hydrogen-bond acceptors (Lipinski definition) is 2. The molecule has 3 nitrogen and oxygen atoms in total. The number of amides is 1. The van der Waals surface area contributed by atoms with Gasteiger partial charge in [-0.25, -0.2) is 0 Å². The summed E-state index contributed by atoms with van der Waals surface area (Å²) in [6.07, 6.45) is 6.71. The van der Waals surface area contributed by atoms with Gasteiger partial charge in [-0.3, -0.25) is 4.79 Å². The van der Waals surface area contributed by atoms with Gasteiger partial charge >= 0.3 is 0 Å². The third-order valence-corrected chi connectivity index (χ3v) is 5.15. The van der Waals surface area contributed by atoms with E-state index in [0.717, 1.165) is 25.8 Å². The van der Waals surface area contributed by atoms with Crippen LogP contribution in [0.15, 0.2) is 0 Å². The van der Waals surface area contributed by atoms with Crippen LogP contribution in [0.3, 0.4) is 0 Å². The van der Waals surface area contributed by atoms with E-state index in [2.05, 4.69) is 33.0 Å². The number of nitrogens with one attached hydrogen (secondary N) is 1. The average molecular weight is 268 g/mol. The lowest BCUT2D eigenvalue weighted by atomic mass is 9.61. The van der Waals surface area contributed by atoms with Gasteiger partial charge in [-0.1, -0.05) is 47.0 Å². The normalized spacial score (nSPS) is 30.1. The summed E-state index contributed by atoms with van der Waals surface area (Å²) in [5.74, 6) is 0.755. The summed E-state index contributed by atoms with van der Waals surface area (Å²) in [4.78, 5) is 12.3. The summed E-state index contributed by atoms with van der Waals surface area (Å²) in [5.41, 5.74) is 6.14. The van der Waals surface area contributed by atoms with Crippen LogP contribution in [0.1, 0.15) is 66.2 Å². The van der Waals surface area contributed by atoms with Gasteiger partial charge in [-0.15, -0.1) is 0 Å². The van der Waals surface area contributed by atoms with Gasteiger partial charge in [0.1, 0.15) is 0 Å². The van der Waals surface area contributed by atoms with Crippen LogP contribution in [0.5, 0.6) is 0 Å². The van der Waals surface area contributed by atoms with Crippen LogP contribution in [0, 0.1) is 17.3 Å². The number of rotatable bonds is 6. The van der Waals surface area contributed by atoms with Gasteiger partial charge in [0, 0.05) is 18.5 Å². The summed E-state index contributed by atoms with van der Waals surface area (Å²) in [7, 11) is 0. The molecule has 1 rings (SSSR count). The van der Waals surface area contributed by atoms with Crippen LogP contribution in [-0.2, 0) is 4.79 Å². The first-order valence-electron chi connectivity index (χ1n) is 7.94. The van der Waals surface area contributed by atoms with Gasteiger partial charge in [0.15, 0.2) is 0 Å². The Labute approximate surface area is 118 Å². The highest BCUT2D eigenvalue weighted by Gasteiger charge is 2.44. The molecule has 112 valence electrons. The number of unbranched alkanes of at least 4 members (excludes halogenated alkanes) is 3. The van der Waals surface area contributed by atoms with E-state index in [0.29, 0.717) is 5.92 Å². The van der Waals surface area contributed by atoms with E-state index in [9.17, 15) is 4.79 Å². The lowest BCUT2D eigenvalue weighted by molar-refractivity contribution is -0.132. The molecule has 1 fully saturated rings. The smallest absolute Gasteiger partial charge is 0.223 e. The largest absolute Gasteiger partial charge is 0.356 e. The van der Waals surface area contributed by atoms with Gasteiger partial charge < -0.3 is 11.1 Å². The Balaban J connectivity index is 2.43. The van der Waals surface area contributed by atoms with Crippen molar-refractivity contribution in [1.82, 2.24) is 5.32 Å². The van der Waals surface area contributed by atoms with Crippen LogP contribution in [0.25, 0.3) is 0 Å². The molecule has 0 spiro atoms. The highest BCUT2D eigenvalue weighted by atomic mass is 16.1. The van der Waals surface area contributed by atoms with Crippen molar-refractivity contribution >= 4 is 5.91 Å². The first kappa shape index (κ1) is 16.5. The molecule has 0 radical (unpaired) electrons.